The van der Waals surface area contributed by atoms with Gasteiger partial charge in [0.2, 0.25) is 0 Å². The molecular formula is C23H34O3. The summed E-state index contributed by atoms with van der Waals surface area (Å²) in [5.74, 6) is 2.57. The Labute approximate surface area is 157 Å². The van der Waals surface area contributed by atoms with Crippen molar-refractivity contribution < 1.29 is 14.3 Å². The summed E-state index contributed by atoms with van der Waals surface area (Å²) in [6, 6.07) is 0. The Morgan fingerprint density at radius 3 is 2.65 bits per heavy atom. The third-order valence-electron chi connectivity index (χ3n) is 8.68. The zero-order valence-corrected chi connectivity index (χ0v) is 16.7. The molecule has 26 heavy (non-hydrogen) atoms. The molecule has 3 heteroatoms. The van der Waals surface area contributed by atoms with Gasteiger partial charge in [0.05, 0.1) is 6.61 Å². The van der Waals surface area contributed by atoms with E-state index in [0.717, 1.165) is 36.2 Å². The summed E-state index contributed by atoms with van der Waals surface area (Å²) in [6.07, 6.45) is 11.6. The SMILES string of the molecule is CC(=O)OCCC1=C2CC[C@H]3[C@@H]4CCC[C@@]4(C)CC[C@@H]3[C@@]2(C)CCC1=O. The Morgan fingerprint density at radius 2 is 1.88 bits per heavy atom. The number of esters is 1. The average Bonchev–Trinajstić information content (AvgIpc) is 2.99. The van der Waals surface area contributed by atoms with E-state index in [9.17, 15) is 9.59 Å². The van der Waals surface area contributed by atoms with Gasteiger partial charge in [-0.25, -0.2) is 0 Å². The molecule has 0 spiro atoms. The van der Waals surface area contributed by atoms with Crippen LogP contribution in [0.3, 0.4) is 0 Å². The van der Waals surface area contributed by atoms with E-state index in [1.165, 1.54) is 51.0 Å². The second-order valence-corrected chi connectivity index (χ2v) is 9.89. The number of hydrogen-bond acceptors (Lipinski definition) is 3. The Kier molecular flexibility index (Phi) is 4.56. The summed E-state index contributed by atoms with van der Waals surface area (Å²) in [6.45, 7) is 6.79. The molecular weight excluding hydrogens is 324 g/mol. The van der Waals surface area contributed by atoms with Crippen molar-refractivity contribution in [3.05, 3.63) is 11.1 Å². The zero-order chi connectivity index (χ0) is 18.5. The first-order chi connectivity index (χ1) is 12.3. The van der Waals surface area contributed by atoms with Gasteiger partial charge in [0.25, 0.3) is 0 Å². The summed E-state index contributed by atoms with van der Waals surface area (Å²) in [5, 5.41) is 0. The van der Waals surface area contributed by atoms with E-state index >= 15 is 0 Å². The molecule has 0 aliphatic heterocycles. The number of ketones is 1. The maximum Gasteiger partial charge on any atom is 0.302 e. The Morgan fingerprint density at radius 1 is 1.08 bits per heavy atom. The van der Waals surface area contributed by atoms with Gasteiger partial charge in [0.15, 0.2) is 5.78 Å². The molecule has 0 heterocycles. The van der Waals surface area contributed by atoms with Crippen LogP contribution in [-0.4, -0.2) is 18.4 Å². The third kappa shape index (κ3) is 2.77. The van der Waals surface area contributed by atoms with Gasteiger partial charge in [-0.1, -0.05) is 25.8 Å². The molecule has 4 aliphatic rings. The monoisotopic (exact) mass is 358 g/mol. The predicted octanol–water partition coefficient (Wildman–Crippen LogP) is 5.23. The topological polar surface area (TPSA) is 43.4 Å². The minimum Gasteiger partial charge on any atom is -0.466 e. The maximum absolute atomic E-state index is 12.7. The lowest BCUT2D eigenvalue weighted by molar-refractivity contribution is -0.141. The first-order valence-electron chi connectivity index (χ1n) is 10.7. The quantitative estimate of drug-likeness (QED) is 0.649. The Hall–Kier alpha value is -1.12. The molecule has 0 aromatic carbocycles. The number of ether oxygens (including phenoxy) is 1. The second kappa shape index (κ2) is 6.49. The highest BCUT2D eigenvalue weighted by molar-refractivity contribution is 5.97. The van der Waals surface area contributed by atoms with E-state index < -0.39 is 0 Å². The van der Waals surface area contributed by atoms with E-state index in [-0.39, 0.29) is 11.4 Å². The van der Waals surface area contributed by atoms with Crippen LogP contribution in [-0.2, 0) is 14.3 Å². The fourth-order valence-corrected chi connectivity index (χ4v) is 7.41. The first kappa shape index (κ1) is 18.3. The highest BCUT2D eigenvalue weighted by Gasteiger charge is 2.56. The molecule has 0 saturated heterocycles. The zero-order valence-electron chi connectivity index (χ0n) is 16.7. The number of allylic oxidation sites excluding steroid dienone is 1. The largest absolute Gasteiger partial charge is 0.466 e. The number of rotatable bonds is 3. The average molecular weight is 359 g/mol. The lowest BCUT2D eigenvalue weighted by Crippen LogP contribution is -2.50. The highest BCUT2D eigenvalue weighted by atomic mass is 16.5. The first-order valence-corrected chi connectivity index (χ1v) is 10.7. The summed E-state index contributed by atoms with van der Waals surface area (Å²) >= 11 is 0. The summed E-state index contributed by atoms with van der Waals surface area (Å²) in [7, 11) is 0. The molecule has 0 radical (unpaired) electrons. The predicted molar refractivity (Wildman–Crippen MR) is 102 cm³/mol. The third-order valence-corrected chi connectivity index (χ3v) is 8.68. The van der Waals surface area contributed by atoms with Crippen molar-refractivity contribution >= 4 is 11.8 Å². The van der Waals surface area contributed by atoms with Crippen molar-refractivity contribution in [1.29, 1.82) is 0 Å². The molecule has 3 saturated carbocycles. The minimum absolute atomic E-state index is 0.201. The molecule has 4 aliphatic carbocycles. The van der Waals surface area contributed by atoms with Crippen molar-refractivity contribution in [2.24, 2.45) is 28.6 Å². The smallest absolute Gasteiger partial charge is 0.302 e. The lowest BCUT2D eigenvalue weighted by atomic mass is 9.47. The number of carbonyl (C=O) groups is 2. The normalized spacial score (nSPS) is 42.1. The van der Waals surface area contributed by atoms with Crippen LogP contribution in [0.1, 0.15) is 85.0 Å². The van der Waals surface area contributed by atoms with Crippen LogP contribution in [0.25, 0.3) is 0 Å². The molecule has 0 amide bonds. The van der Waals surface area contributed by atoms with Gasteiger partial charge in [-0.15, -0.1) is 0 Å². The molecule has 4 rings (SSSR count). The van der Waals surface area contributed by atoms with Crippen molar-refractivity contribution in [2.75, 3.05) is 6.61 Å². The molecule has 0 N–H and O–H groups in total. The van der Waals surface area contributed by atoms with Crippen LogP contribution in [0.5, 0.6) is 0 Å². The van der Waals surface area contributed by atoms with Crippen LogP contribution >= 0.6 is 0 Å². The van der Waals surface area contributed by atoms with Crippen LogP contribution in [0, 0.1) is 28.6 Å². The van der Waals surface area contributed by atoms with Gasteiger partial charge in [0, 0.05) is 19.8 Å². The van der Waals surface area contributed by atoms with Crippen molar-refractivity contribution in [3.63, 3.8) is 0 Å². The Balaban J connectivity index is 1.62. The number of Topliss-reactive ketones (excluding diaryl/α,β-unsaturated/α-hetero) is 1. The summed E-state index contributed by atoms with van der Waals surface area (Å²) < 4.78 is 5.16. The van der Waals surface area contributed by atoms with E-state index in [0.29, 0.717) is 30.6 Å². The molecule has 0 aromatic heterocycles. The van der Waals surface area contributed by atoms with Crippen molar-refractivity contribution in [1.82, 2.24) is 0 Å². The molecule has 0 unspecified atom stereocenters. The van der Waals surface area contributed by atoms with E-state index in [1.54, 1.807) is 0 Å². The molecule has 5 atom stereocenters. The Bertz CT molecular complexity index is 648. The van der Waals surface area contributed by atoms with Gasteiger partial charge >= 0.3 is 5.97 Å². The molecule has 3 fully saturated rings. The minimum atomic E-state index is -0.252. The standard InChI is InChI=1S/C23H34O3/c1-15(24)26-14-10-17-19-7-6-16-18-5-4-11-22(18,2)12-8-20(16)23(19,3)13-9-21(17)25/h16,18,20H,4-14H2,1-3H3/t16-,18-,20-,22-,23-/m0/s1. The second-order valence-electron chi connectivity index (χ2n) is 9.89. The highest BCUT2D eigenvalue weighted by Crippen LogP contribution is 2.65. The molecule has 0 aromatic rings. The van der Waals surface area contributed by atoms with E-state index in [2.05, 4.69) is 13.8 Å². The molecule has 3 nitrogen and oxygen atoms in total. The van der Waals surface area contributed by atoms with Crippen LogP contribution < -0.4 is 0 Å². The van der Waals surface area contributed by atoms with Crippen molar-refractivity contribution in [3.8, 4) is 0 Å². The lowest BCUT2D eigenvalue weighted by Gasteiger charge is -2.58. The van der Waals surface area contributed by atoms with Crippen LogP contribution in [0.4, 0.5) is 0 Å². The molecule has 0 bridgehead atoms. The fraction of sp³-hybridized carbons (Fsp3) is 0.826. The molecule has 144 valence electrons. The maximum atomic E-state index is 12.7. The van der Waals surface area contributed by atoms with Crippen LogP contribution in [0.2, 0.25) is 0 Å². The van der Waals surface area contributed by atoms with Gasteiger partial charge < -0.3 is 4.74 Å². The van der Waals surface area contributed by atoms with Gasteiger partial charge in [0.1, 0.15) is 0 Å². The van der Waals surface area contributed by atoms with Gasteiger partial charge in [-0.05, 0) is 79.1 Å². The number of carbonyl (C=O) groups excluding carboxylic acids is 2. The van der Waals surface area contributed by atoms with Crippen LogP contribution in [0.15, 0.2) is 11.1 Å². The summed E-state index contributed by atoms with van der Waals surface area (Å²) in [5.41, 5.74) is 3.23. The fourth-order valence-electron chi connectivity index (χ4n) is 7.41. The number of hydrogen-bond donors (Lipinski definition) is 0. The van der Waals surface area contributed by atoms with E-state index in [4.69, 9.17) is 4.74 Å². The van der Waals surface area contributed by atoms with Crippen molar-refractivity contribution in [2.45, 2.75) is 85.0 Å². The van der Waals surface area contributed by atoms with Gasteiger partial charge in [-0.2, -0.15) is 0 Å². The summed E-state index contributed by atoms with van der Waals surface area (Å²) in [4.78, 5) is 23.8. The number of fused-ring (bicyclic) bond motifs is 5. The van der Waals surface area contributed by atoms with Gasteiger partial charge in [-0.3, -0.25) is 9.59 Å². The van der Waals surface area contributed by atoms with E-state index in [1.807, 2.05) is 0 Å².